The highest BCUT2D eigenvalue weighted by Crippen LogP contribution is 2.36. The first kappa shape index (κ1) is 31.2. The van der Waals surface area contributed by atoms with Gasteiger partial charge in [0.15, 0.2) is 5.78 Å². The molecule has 2 aromatic heterocycles. The van der Waals surface area contributed by atoms with E-state index in [1.165, 1.54) is 7.11 Å². The van der Waals surface area contributed by atoms with Gasteiger partial charge >= 0.3 is 6.03 Å². The SMILES string of the molecule is COc1cc(C(=O)C(c2ccc(NC(=O)Nc3cc(C(C)(C)C)nn3-c3ccc(C)cc3)cc2)C2CCNCC2)cc(Cl)n1. The number of nitrogens with zero attached hydrogens (tertiary/aromatic N) is 3. The summed E-state index contributed by atoms with van der Waals surface area (Å²) in [4.78, 5) is 31.2. The summed E-state index contributed by atoms with van der Waals surface area (Å²) in [6.07, 6.45) is 1.75. The number of anilines is 2. The normalized spacial score (nSPS) is 14.6. The van der Waals surface area contributed by atoms with E-state index in [-0.39, 0.29) is 28.2 Å². The van der Waals surface area contributed by atoms with Crippen molar-refractivity contribution in [3.8, 4) is 11.6 Å². The monoisotopic (exact) mass is 614 g/mol. The van der Waals surface area contributed by atoms with Gasteiger partial charge in [0.25, 0.3) is 0 Å². The van der Waals surface area contributed by atoms with Gasteiger partial charge in [0.1, 0.15) is 11.0 Å². The molecule has 1 aliphatic rings. The standard InChI is InChI=1S/C34H39ClN6O3/c1-21-6-12-26(13-7-21)41-29(20-27(40-41)34(2,3)4)39-33(43)37-25-10-8-22(9-11-25)31(23-14-16-36-17-15-23)32(42)24-18-28(35)38-30(19-24)44-5/h6-13,18-20,23,31,36H,14-17H2,1-5H3,(H2,37,39,43). The number of piperidine rings is 1. The molecule has 1 atom stereocenters. The van der Waals surface area contributed by atoms with Gasteiger partial charge in [-0.25, -0.2) is 14.5 Å². The van der Waals surface area contributed by atoms with Crippen molar-refractivity contribution < 1.29 is 14.3 Å². The van der Waals surface area contributed by atoms with Gasteiger partial charge in [-0.05, 0) is 74.7 Å². The number of aryl methyl sites for hydroxylation is 1. The molecule has 2 amide bonds. The fourth-order valence-corrected chi connectivity index (χ4v) is 5.69. The van der Waals surface area contributed by atoms with Gasteiger partial charge < -0.3 is 15.4 Å². The first-order valence-electron chi connectivity index (χ1n) is 14.8. The molecule has 5 rings (SSSR count). The van der Waals surface area contributed by atoms with E-state index in [9.17, 15) is 9.59 Å². The van der Waals surface area contributed by atoms with Gasteiger partial charge in [-0.1, -0.05) is 62.2 Å². The number of Topliss-reactive ketones (excluding diaryl/α,β-unsaturated/α-hetero) is 1. The van der Waals surface area contributed by atoms with Crippen molar-refractivity contribution in [2.45, 2.75) is 51.9 Å². The summed E-state index contributed by atoms with van der Waals surface area (Å²) >= 11 is 6.21. The molecule has 1 saturated heterocycles. The van der Waals surface area contributed by atoms with Crippen molar-refractivity contribution >= 4 is 34.9 Å². The van der Waals surface area contributed by atoms with Gasteiger partial charge in [0.2, 0.25) is 5.88 Å². The van der Waals surface area contributed by atoms with E-state index in [1.807, 2.05) is 61.5 Å². The van der Waals surface area contributed by atoms with E-state index in [4.69, 9.17) is 21.4 Å². The van der Waals surface area contributed by atoms with Crippen LogP contribution in [0.3, 0.4) is 0 Å². The lowest BCUT2D eigenvalue weighted by molar-refractivity contribution is 0.0915. The van der Waals surface area contributed by atoms with E-state index in [2.05, 4.69) is 41.7 Å². The molecule has 3 heterocycles. The van der Waals surface area contributed by atoms with Crippen LogP contribution in [0.25, 0.3) is 5.69 Å². The van der Waals surface area contributed by atoms with Gasteiger partial charge in [0, 0.05) is 28.8 Å². The van der Waals surface area contributed by atoms with Crippen molar-refractivity contribution in [2.75, 3.05) is 30.8 Å². The number of amides is 2. The minimum atomic E-state index is -0.393. The highest BCUT2D eigenvalue weighted by molar-refractivity contribution is 6.29. The van der Waals surface area contributed by atoms with Crippen LogP contribution in [0.2, 0.25) is 5.15 Å². The second-order valence-corrected chi connectivity index (χ2v) is 12.7. The Bertz CT molecular complexity index is 1620. The van der Waals surface area contributed by atoms with Gasteiger partial charge in [0.05, 0.1) is 24.4 Å². The fourth-order valence-electron chi connectivity index (χ4n) is 5.49. The molecule has 2 aromatic carbocycles. The van der Waals surface area contributed by atoms with E-state index in [0.717, 1.165) is 48.4 Å². The molecule has 1 unspecified atom stereocenters. The first-order chi connectivity index (χ1) is 21.0. The van der Waals surface area contributed by atoms with Crippen molar-refractivity contribution in [2.24, 2.45) is 5.92 Å². The lowest BCUT2D eigenvalue weighted by Crippen LogP contribution is -2.33. The number of carbonyl (C=O) groups is 2. The largest absolute Gasteiger partial charge is 0.481 e. The number of carbonyl (C=O) groups excluding carboxylic acids is 2. The summed E-state index contributed by atoms with van der Waals surface area (Å²) in [6.45, 7) is 9.99. The van der Waals surface area contributed by atoms with Crippen molar-refractivity contribution in [1.82, 2.24) is 20.1 Å². The maximum absolute atomic E-state index is 13.9. The predicted octanol–water partition coefficient (Wildman–Crippen LogP) is 7.15. The predicted molar refractivity (Wildman–Crippen MR) is 175 cm³/mol. The Morgan fingerprint density at radius 1 is 1.00 bits per heavy atom. The molecule has 44 heavy (non-hydrogen) atoms. The Labute approximate surface area is 263 Å². The third-order valence-corrected chi connectivity index (χ3v) is 8.12. The van der Waals surface area contributed by atoms with E-state index >= 15 is 0 Å². The average molecular weight is 615 g/mol. The summed E-state index contributed by atoms with van der Waals surface area (Å²) in [5.74, 6) is 0.618. The number of pyridine rings is 1. The van der Waals surface area contributed by atoms with E-state index < -0.39 is 6.03 Å². The summed E-state index contributed by atoms with van der Waals surface area (Å²) in [5, 5.41) is 14.3. The highest BCUT2D eigenvalue weighted by atomic mass is 35.5. The third-order valence-electron chi connectivity index (χ3n) is 7.93. The Morgan fingerprint density at radius 2 is 1.68 bits per heavy atom. The lowest BCUT2D eigenvalue weighted by atomic mass is 9.76. The second kappa shape index (κ2) is 13.2. The Kier molecular flexibility index (Phi) is 9.36. The number of ketones is 1. The van der Waals surface area contributed by atoms with Gasteiger partial charge in [-0.15, -0.1) is 0 Å². The summed E-state index contributed by atoms with van der Waals surface area (Å²) in [7, 11) is 1.50. The van der Waals surface area contributed by atoms with Gasteiger partial charge in [-0.2, -0.15) is 5.10 Å². The van der Waals surface area contributed by atoms with Crippen LogP contribution in [0, 0.1) is 12.8 Å². The Hall–Kier alpha value is -4.21. The lowest BCUT2D eigenvalue weighted by Gasteiger charge is -2.30. The molecular weight excluding hydrogens is 576 g/mol. The second-order valence-electron chi connectivity index (χ2n) is 12.3. The van der Waals surface area contributed by atoms with Crippen molar-refractivity contribution in [1.29, 1.82) is 0 Å². The van der Waals surface area contributed by atoms with Crippen LogP contribution in [0.15, 0.2) is 66.7 Å². The molecule has 0 saturated carbocycles. The van der Waals surface area contributed by atoms with Crippen LogP contribution in [0.5, 0.6) is 5.88 Å². The number of benzene rings is 2. The van der Waals surface area contributed by atoms with Crippen molar-refractivity contribution in [3.63, 3.8) is 0 Å². The Balaban J connectivity index is 1.36. The number of halogens is 1. The van der Waals surface area contributed by atoms with Gasteiger partial charge in [-0.3, -0.25) is 10.1 Å². The molecule has 1 aliphatic heterocycles. The van der Waals surface area contributed by atoms with Crippen LogP contribution in [0.4, 0.5) is 16.3 Å². The zero-order valence-electron chi connectivity index (χ0n) is 25.8. The minimum Gasteiger partial charge on any atom is -0.481 e. The molecular formula is C34H39ClN6O3. The number of hydrogen-bond donors (Lipinski definition) is 3. The number of methoxy groups -OCH3 is 1. The number of ether oxygens (including phenoxy) is 1. The summed E-state index contributed by atoms with van der Waals surface area (Å²) in [5.41, 5.74) is 4.61. The van der Waals surface area contributed by atoms with Crippen LogP contribution in [0.1, 0.15) is 66.7 Å². The molecule has 0 bridgehead atoms. The van der Waals surface area contributed by atoms with Crippen LogP contribution < -0.4 is 20.7 Å². The zero-order chi connectivity index (χ0) is 31.4. The van der Waals surface area contributed by atoms with E-state index in [0.29, 0.717) is 22.9 Å². The quantitative estimate of drug-likeness (QED) is 0.144. The first-order valence-corrected chi connectivity index (χ1v) is 15.2. The topological polar surface area (TPSA) is 110 Å². The van der Waals surface area contributed by atoms with E-state index in [1.54, 1.807) is 16.8 Å². The number of aromatic nitrogens is 3. The molecule has 0 spiro atoms. The molecule has 4 aromatic rings. The third kappa shape index (κ3) is 7.29. The fraction of sp³-hybridized carbons (Fsp3) is 0.353. The van der Waals surface area contributed by atoms with Crippen LogP contribution >= 0.6 is 11.6 Å². The zero-order valence-corrected chi connectivity index (χ0v) is 26.5. The van der Waals surface area contributed by atoms with Crippen LogP contribution in [-0.2, 0) is 5.41 Å². The molecule has 10 heteroatoms. The van der Waals surface area contributed by atoms with Crippen molar-refractivity contribution in [3.05, 3.63) is 94.3 Å². The molecule has 1 fully saturated rings. The minimum absolute atomic E-state index is 0.0306. The molecule has 230 valence electrons. The Morgan fingerprint density at radius 3 is 2.32 bits per heavy atom. The maximum Gasteiger partial charge on any atom is 0.324 e. The number of nitrogens with one attached hydrogen (secondary N) is 3. The smallest absolute Gasteiger partial charge is 0.324 e. The molecule has 0 aliphatic carbocycles. The summed E-state index contributed by atoms with van der Waals surface area (Å²) < 4.78 is 7.01. The van der Waals surface area contributed by atoms with Crippen LogP contribution in [-0.4, -0.2) is 46.8 Å². The number of hydrogen-bond acceptors (Lipinski definition) is 6. The number of urea groups is 1. The highest BCUT2D eigenvalue weighted by Gasteiger charge is 2.32. The molecule has 3 N–H and O–H groups in total. The molecule has 0 radical (unpaired) electrons. The number of rotatable bonds is 8. The summed E-state index contributed by atoms with van der Waals surface area (Å²) in [6, 6.07) is 20.2. The average Bonchev–Trinajstić information content (AvgIpc) is 3.43. The maximum atomic E-state index is 13.9. The molecule has 9 nitrogen and oxygen atoms in total.